The second-order valence-corrected chi connectivity index (χ2v) is 7.15. The molecule has 6 nitrogen and oxygen atoms in total. The van der Waals surface area contributed by atoms with Gasteiger partial charge in [-0.15, -0.1) is 0 Å². The van der Waals surface area contributed by atoms with Crippen molar-refractivity contribution in [1.29, 1.82) is 0 Å². The van der Waals surface area contributed by atoms with E-state index in [4.69, 9.17) is 22.7 Å². The zero-order valence-electron chi connectivity index (χ0n) is 14.5. The third kappa shape index (κ3) is 4.07. The van der Waals surface area contributed by atoms with E-state index in [1.165, 1.54) is 0 Å². The molecule has 0 unspecified atom stereocenters. The third-order valence-electron chi connectivity index (χ3n) is 3.72. The lowest BCUT2D eigenvalue weighted by Gasteiger charge is -2.08. The molecule has 0 aliphatic heterocycles. The minimum absolute atomic E-state index is 0.252. The summed E-state index contributed by atoms with van der Waals surface area (Å²) in [6.07, 6.45) is 0. The fourth-order valence-corrected chi connectivity index (χ4v) is 3.73. The van der Waals surface area contributed by atoms with E-state index in [9.17, 15) is 9.59 Å². The number of thiazole rings is 1. The van der Waals surface area contributed by atoms with Crippen LogP contribution >= 0.6 is 23.6 Å². The van der Waals surface area contributed by atoms with Gasteiger partial charge >= 0.3 is 5.97 Å². The number of nitrogens with two attached hydrogens (primary N) is 1. The van der Waals surface area contributed by atoms with Gasteiger partial charge < -0.3 is 15.8 Å². The molecule has 0 saturated carbocycles. The van der Waals surface area contributed by atoms with Crippen molar-refractivity contribution in [3.8, 4) is 5.69 Å². The highest BCUT2D eigenvalue weighted by Gasteiger charge is 2.18. The van der Waals surface area contributed by atoms with Crippen molar-refractivity contribution < 1.29 is 14.3 Å². The Balaban J connectivity index is 1.88. The van der Waals surface area contributed by atoms with Crippen LogP contribution in [-0.4, -0.2) is 23.1 Å². The summed E-state index contributed by atoms with van der Waals surface area (Å²) in [5.74, 6) is -0.465. The number of hydrogen-bond acceptors (Lipinski definition) is 6. The molecule has 0 aliphatic rings. The highest BCUT2D eigenvalue weighted by molar-refractivity contribution is 7.73. The fourth-order valence-electron chi connectivity index (χ4n) is 2.46. The molecular weight excluding hydrogens is 382 g/mol. The van der Waals surface area contributed by atoms with E-state index in [0.717, 1.165) is 11.3 Å². The highest BCUT2D eigenvalue weighted by atomic mass is 32.1. The van der Waals surface area contributed by atoms with Crippen LogP contribution in [-0.2, 0) is 4.74 Å². The molecule has 0 aliphatic carbocycles. The lowest BCUT2D eigenvalue weighted by molar-refractivity contribution is 0.0526. The number of hydrogen-bond donors (Lipinski definition) is 2. The van der Waals surface area contributed by atoms with Crippen LogP contribution < -0.4 is 11.1 Å². The van der Waals surface area contributed by atoms with Gasteiger partial charge in [0.2, 0.25) is 0 Å². The molecule has 1 aromatic heterocycles. The van der Waals surface area contributed by atoms with E-state index in [0.29, 0.717) is 32.4 Å². The van der Waals surface area contributed by atoms with Gasteiger partial charge in [0.1, 0.15) is 10.7 Å². The van der Waals surface area contributed by atoms with Gasteiger partial charge in [-0.1, -0.05) is 29.5 Å². The van der Waals surface area contributed by atoms with Crippen molar-refractivity contribution in [3.63, 3.8) is 0 Å². The monoisotopic (exact) mass is 399 g/mol. The zero-order chi connectivity index (χ0) is 19.4. The maximum atomic E-state index is 12.5. The van der Waals surface area contributed by atoms with Crippen molar-refractivity contribution in [2.75, 3.05) is 17.7 Å². The van der Waals surface area contributed by atoms with Crippen LogP contribution in [0, 0.1) is 3.95 Å². The van der Waals surface area contributed by atoms with Gasteiger partial charge in [0, 0.05) is 11.4 Å². The number of amides is 1. The average molecular weight is 399 g/mol. The van der Waals surface area contributed by atoms with Crippen LogP contribution in [0.2, 0.25) is 0 Å². The summed E-state index contributed by atoms with van der Waals surface area (Å²) in [7, 11) is 0. The Morgan fingerprint density at radius 2 is 1.81 bits per heavy atom. The van der Waals surface area contributed by atoms with Gasteiger partial charge in [0.25, 0.3) is 5.91 Å². The van der Waals surface area contributed by atoms with E-state index >= 15 is 0 Å². The highest BCUT2D eigenvalue weighted by Crippen LogP contribution is 2.27. The first kappa shape index (κ1) is 18.8. The molecule has 3 rings (SSSR count). The van der Waals surface area contributed by atoms with E-state index in [-0.39, 0.29) is 11.7 Å². The smallest absolute Gasteiger partial charge is 0.338 e. The van der Waals surface area contributed by atoms with Gasteiger partial charge in [-0.2, -0.15) is 0 Å². The average Bonchev–Trinajstić information content (AvgIpc) is 2.97. The van der Waals surface area contributed by atoms with Gasteiger partial charge in [-0.25, -0.2) is 4.79 Å². The maximum Gasteiger partial charge on any atom is 0.338 e. The second kappa shape index (κ2) is 8.15. The predicted octanol–water partition coefficient (Wildman–Crippen LogP) is 4.28. The quantitative estimate of drug-likeness (QED) is 0.494. The number of rotatable bonds is 5. The molecule has 2 aromatic carbocycles. The Morgan fingerprint density at radius 3 is 2.44 bits per heavy atom. The molecule has 3 N–H and O–H groups in total. The lowest BCUT2D eigenvalue weighted by atomic mass is 10.2. The first-order valence-corrected chi connectivity index (χ1v) is 9.39. The van der Waals surface area contributed by atoms with Crippen molar-refractivity contribution in [1.82, 2.24) is 4.57 Å². The van der Waals surface area contributed by atoms with Gasteiger partial charge in [0.15, 0.2) is 3.95 Å². The third-order valence-corrected chi connectivity index (χ3v) is 5.11. The minimum Gasteiger partial charge on any atom is -0.462 e. The predicted molar refractivity (Wildman–Crippen MR) is 109 cm³/mol. The minimum atomic E-state index is -0.395. The van der Waals surface area contributed by atoms with Crippen LogP contribution in [0.15, 0.2) is 54.6 Å². The molecule has 27 heavy (non-hydrogen) atoms. The number of aromatic nitrogens is 1. The summed E-state index contributed by atoms with van der Waals surface area (Å²) in [5.41, 5.74) is 7.96. The summed E-state index contributed by atoms with van der Waals surface area (Å²) < 4.78 is 7.02. The molecule has 0 atom stereocenters. The summed E-state index contributed by atoms with van der Waals surface area (Å²) in [6.45, 7) is 2.06. The number of para-hydroxylation sites is 1. The molecule has 8 heteroatoms. The number of esters is 1. The summed E-state index contributed by atoms with van der Waals surface area (Å²) in [5, 5.41) is 2.80. The van der Waals surface area contributed by atoms with E-state index < -0.39 is 5.97 Å². The van der Waals surface area contributed by atoms with Crippen LogP contribution in [0.4, 0.5) is 11.5 Å². The standard InChI is InChI=1S/C19H17N3O3S2/c1-2-25-18(24)12-8-10-14(11-9-12)22-16(20)15(27-19(22)26)17(23)21-13-6-4-3-5-7-13/h3-11H,2,20H2,1H3,(H,21,23). The maximum absolute atomic E-state index is 12.5. The molecule has 0 radical (unpaired) electrons. The van der Waals surface area contributed by atoms with E-state index in [1.54, 1.807) is 47.9 Å². The molecule has 0 fully saturated rings. The van der Waals surface area contributed by atoms with Crippen molar-refractivity contribution >= 4 is 46.9 Å². The largest absolute Gasteiger partial charge is 0.462 e. The normalized spacial score (nSPS) is 10.4. The number of nitrogens with zero attached hydrogens (tertiary/aromatic N) is 1. The number of nitrogens with one attached hydrogen (secondary N) is 1. The molecule has 0 bridgehead atoms. The van der Waals surface area contributed by atoms with Crippen molar-refractivity contribution in [2.24, 2.45) is 0 Å². The number of carbonyl (C=O) groups excluding carboxylic acids is 2. The molecule has 138 valence electrons. The van der Waals surface area contributed by atoms with Gasteiger partial charge in [-0.05, 0) is 55.5 Å². The number of carbonyl (C=O) groups is 2. The molecule has 3 aromatic rings. The number of ether oxygens (including phenoxy) is 1. The number of benzene rings is 2. The summed E-state index contributed by atoms with van der Waals surface area (Å²) in [6, 6.07) is 15.8. The molecular formula is C19H17N3O3S2. The Hall–Kier alpha value is -2.97. The summed E-state index contributed by atoms with van der Waals surface area (Å²) in [4.78, 5) is 24.6. The first-order chi connectivity index (χ1) is 13.0. The van der Waals surface area contributed by atoms with E-state index in [1.807, 2.05) is 18.2 Å². The van der Waals surface area contributed by atoms with Gasteiger partial charge in [0.05, 0.1) is 12.2 Å². The Morgan fingerprint density at radius 1 is 1.15 bits per heavy atom. The number of nitrogen functional groups attached to an aromatic ring is 1. The van der Waals surface area contributed by atoms with Crippen LogP contribution in [0.5, 0.6) is 0 Å². The van der Waals surface area contributed by atoms with Gasteiger partial charge in [-0.3, -0.25) is 9.36 Å². The van der Waals surface area contributed by atoms with Crippen LogP contribution in [0.25, 0.3) is 5.69 Å². The Labute approximate surface area is 165 Å². The molecule has 0 spiro atoms. The Bertz CT molecular complexity index is 1020. The molecule has 0 saturated heterocycles. The topological polar surface area (TPSA) is 86.3 Å². The van der Waals surface area contributed by atoms with Crippen molar-refractivity contribution in [2.45, 2.75) is 6.92 Å². The molecule has 1 amide bonds. The van der Waals surface area contributed by atoms with E-state index in [2.05, 4.69) is 5.32 Å². The SMILES string of the molecule is CCOC(=O)c1ccc(-n2c(N)c(C(=O)Nc3ccccc3)sc2=S)cc1. The van der Waals surface area contributed by atoms with Crippen LogP contribution in [0.3, 0.4) is 0 Å². The Kier molecular flexibility index (Phi) is 5.68. The zero-order valence-corrected chi connectivity index (χ0v) is 16.1. The lowest BCUT2D eigenvalue weighted by Crippen LogP contribution is -2.13. The first-order valence-electron chi connectivity index (χ1n) is 8.16. The summed E-state index contributed by atoms with van der Waals surface area (Å²) >= 11 is 6.51. The fraction of sp³-hybridized carbons (Fsp3) is 0.105. The van der Waals surface area contributed by atoms with Crippen molar-refractivity contribution in [3.05, 3.63) is 69.0 Å². The number of anilines is 2. The van der Waals surface area contributed by atoms with Crippen LogP contribution in [0.1, 0.15) is 27.0 Å². The second-order valence-electron chi connectivity index (χ2n) is 5.51. The molecule has 1 heterocycles.